The zero-order chi connectivity index (χ0) is 18.5. The van der Waals surface area contributed by atoms with Crippen LogP contribution in [0.3, 0.4) is 0 Å². The zero-order valence-electron chi connectivity index (χ0n) is 15.9. The van der Waals surface area contributed by atoms with Crippen molar-refractivity contribution in [3.05, 3.63) is 48.3 Å². The molecule has 6 heteroatoms. The lowest BCUT2D eigenvalue weighted by Crippen LogP contribution is -2.48. The number of aromatic nitrogens is 3. The van der Waals surface area contributed by atoms with E-state index in [4.69, 9.17) is 0 Å². The SMILES string of the molecule is O=C(NC1CCCCC1)N1CCCC(c2nccn2Cc2ccncc2)C1. The van der Waals surface area contributed by atoms with Gasteiger partial charge in [0.2, 0.25) is 0 Å². The summed E-state index contributed by atoms with van der Waals surface area (Å²) in [4.78, 5) is 23.5. The molecule has 0 spiro atoms. The summed E-state index contributed by atoms with van der Waals surface area (Å²) in [5, 5.41) is 3.26. The van der Waals surface area contributed by atoms with Crippen molar-refractivity contribution >= 4 is 6.03 Å². The summed E-state index contributed by atoms with van der Waals surface area (Å²) in [6.45, 7) is 2.40. The van der Waals surface area contributed by atoms with Crippen LogP contribution < -0.4 is 5.32 Å². The number of nitrogens with one attached hydrogen (secondary N) is 1. The molecule has 0 bridgehead atoms. The van der Waals surface area contributed by atoms with Crippen molar-refractivity contribution in [3.63, 3.8) is 0 Å². The van der Waals surface area contributed by atoms with Crippen LogP contribution in [0.15, 0.2) is 36.9 Å². The van der Waals surface area contributed by atoms with E-state index >= 15 is 0 Å². The third kappa shape index (κ3) is 4.49. The lowest BCUT2D eigenvalue weighted by molar-refractivity contribution is 0.171. The highest BCUT2D eigenvalue weighted by molar-refractivity contribution is 5.74. The summed E-state index contributed by atoms with van der Waals surface area (Å²) in [5.74, 6) is 1.38. The molecule has 27 heavy (non-hydrogen) atoms. The molecule has 0 aromatic carbocycles. The number of likely N-dealkylation sites (tertiary alicyclic amines) is 1. The summed E-state index contributed by atoms with van der Waals surface area (Å²) in [7, 11) is 0. The molecule has 1 saturated heterocycles. The van der Waals surface area contributed by atoms with Gasteiger partial charge in [-0.1, -0.05) is 19.3 Å². The van der Waals surface area contributed by atoms with Crippen LogP contribution in [0.4, 0.5) is 4.79 Å². The first kappa shape index (κ1) is 18.0. The summed E-state index contributed by atoms with van der Waals surface area (Å²) in [5.41, 5.74) is 1.21. The Morgan fingerprint density at radius 2 is 1.89 bits per heavy atom. The summed E-state index contributed by atoms with van der Waals surface area (Å²) < 4.78 is 2.21. The van der Waals surface area contributed by atoms with Crippen molar-refractivity contribution < 1.29 is 4.79 Å². The van der Waals surface area contributed by atoms with Gasteiger partial charge in [0, 0.05) is 56.4 Å². The fraction of sp³-hybridized carbons (Fsp3) is 0.571. The van der Waals surface area contributed by atoms with E-state index in [1.165, 1.54) is 24.8 Å². The molecule has 1 unspecified atom stereocenters. The quantitative estimate of drug-likeness (QED) is 0.899. The number of amides is 2. The van der Waals surface area contributed by atoms with Gasteiger partial charge in [0.25, 0.3) is 0 Å². The molecule has 1 aliphatic carbocycles. The molecule has 2 amide bonds. The first-order valence-corrected chi connectivity index (χ1v) is 10.2. The molecule has 2 aliphatic rings. The van der Waals surface area contributed by atoms with E-state index < -0.39 is 0 Å². The van der Waals surface area contributed by atoms with Crippen LogP contribution in [0.2, 0.25) is 0 Å². The van der Waals surface area contributed by atoms with Crippen molar-refractivity contribution in [1.82, 2.24) is 24.8 Å². The molecule has 144 valence electrons. The van der Waals surface area contributed by atoms with Crippen molar-refractivity contribution in [2.75, 3.05) is 13.1 Å². The Bertz CT molecular complexity index is 738. The Balaban J connectivity index is 1.39. The molecule has 4 rings (SSSR count). The first-order valence-electron chi connectivity index (χ1n) is 10.2. The maximum absolute atomic E-state index is 12.7. The molecule has 2 aromatic rings. The zero-order valence-corrected chi connectivity index (χ0v) is 15.9. The van der Waals surface area contributed by atoms with Crippen LogP contribution in [0.1, 0.15) is 62.3 Å². The van der Waals surface area contributed by atoms with Crippen LogP contribution in [-0.2, 0) is 6.54 Å². The van der Waals surface area contributed by atoms with Gasteiger partial charge in [-0.2, -0.15) is 0 Å². The van der Waals surface area contributed by atoms with Gasteiger partial charge in [-0.05, 0) is 43.4 Å². The number of urea groups is 1. The summed E-state index contributed by atoms with van der Waals surface area (Å²) >= 11 is 0. The van der Waals surface area contributed by atoms with Gasteiger partial charge < -0.3 is 14.8 Å². The Hall–Kier alpha value is -2.37. The van der Waals surface area contributed by atoms with Gasteiger partial charge in [-0.3, -0.25) is 4.98 Å². The number of carbonyl (C=O) groups excluding carboxylic acids is 1. The number of pyridine rings is 1. The number of hydrogen-bond acceptors (Lipinski definition) is 3. The van der Waals surface area contributed by atoms with E-state index in [1.807, 2.05) is 41.8 Å². The largest absolute Gasteiger partial charge is 0.335 e. The second-order valence-corrected chi connectivity index (χ2v) is 7.84. The first-order chi connectivity index (χ1) is 13.3. The molecule has 1 saturated carbocycles. The lowest BCUT2D eigenvalue weighted by Gasteiger charge is -2.34. The maximum atomic E-state index is 12.7. The lowest BCUT2D eigenvalue weighted by atomic mass is 9.95. The third-order valence-corrected chi connectivity index (χ3v) is 5.86. The fourth-order valence-corrected chi connectivity index (χ4v) is 4.38. The molecule has 1 atom stereocenters. The molecular formula is C21H29N5O. The average Bonchev–Trinajstić information content (AvgIpc) is 3.18. The second-order valence-electron chi connectivity index (χ2n) is 7.84. The fourth-order valence-electron chi connectivity index (χ4n) is 4.38. The van der Waals surface area contributed by atoms with Gasteiger partial charge >= 0.3 is 6.03 Å². The third-order valence-electron chi connectivity index (χ3n) is 5.86. The van der Waals surface area contributed by atoms with Gasteiger partial charge in [-0.15, -0.1) is 0 Å². The Kier molecular flexibility index (Phi) is 5.70. The minimum absolute atomic E-state index is 0.110. The molecule has 2 aromatic heterocycles. The number of rotatable bonds is 4. The number of nitrogens with zero attached hydrogens (tertiary/aromatic N) is 4. The van der Waals surface area contributed by atoms with Crippen LogP contribution in [0.25, 0.3) is 0 Å². The highest BCUT2D eigenvalue weighted by Gasteiger charge is 2.28. The van der Waals surface area contributed by atoms with Crippen molar-refractivity contribution in [2.45, 2.75) is 63.5 Å². The molecule has 3 heterocycles. The average molecular weight is 367 g/mol. The van der Waals surface area contributed by atoms with E-state index in [1.54, 1.807) is 0 Å². The van der Waals surface area contributed by atoms with E-state index in [2.05, 4.69) is 19.9 Å². The minimum Gasteiger partial charge on any atom is -0.335 e. The minimum atomic E-state index is 0.110. The highest BCUT2D eigenvalue weighted by Crippen LogP contribution is 2.27. The molecule has 0 radical (unpaired) electrons. The Morgan fingerprint density at radius 1 is 1.07 bits per heavy atom. The number of hydrogen-bond donors (Lipinski definition) is 1. The van der Waals surface area contributed by atoms with Crippen LogP contribution in [0.5, 0.6) is 0 Å². The van der Waals surface area contributed by atoms with Crippen molar-refractivity contribution in [1.29, 1.82) is 0 Å². The Labute approximate surface area is 161 Å². The molecular weight excluding hydrogens is 338 g/mol. The van der Waals surface area contributed by atoms with E-state index in [0.717, 1.165) is 51.1 Å². The van der Waals surface area contributed by atoms with Gasteiger partial charge in [0.15, 0.2) is 0 Å². The van der Waals surface area contributed by atoms with Crippen LogP contribution in [-0.4, -0.2) is 44.6 Å². The maximum Gasteiger partial charge on any atom is 0.317 e. The Morgan fingerprint density at radius 3 is 2.70 bits per heavy atom. The van der Waals surface area contributed by atoms with Gasteiger partial charge in [0.05, 0.1) is 0 Å². The predicted octanol–water partition coefficient (Wildman–Crippen LogP) is 3.55. The second kappa shape index (κ2) is 8.55. The van der Waals surface area contributed by atoms with E-state index in [9.17, 15) is 4.79 Å². The van der Waals surface area contributed by atoms with Crippen LogP contribution >= 0.6 is 0 Å². The van der Waals surface area contributed by atoms with Crippen molar-refractivity contribution in [3.8, 4) is 0 Å². The van der Waals surface area contributed by atoms with Crippen molar-refractivity contribution in [2.24, 2.45) is 0 Å². The summed E-state index contributed by atoms with van der Waals surface area (Å²) in [6, 6.07) is 4.54. The van der Waals surface area contributed by atoms with Gasteiger partial charge in [-0.25, -0.2) is 9.78 Å². The smallest absolute Gasteiger partial charge is 0.317 e. The normalized spacial score (nSPS) is 21.2. The van der Waals surface area contributed by atoms with E-state index in [-0.39, 0.29) is 6.03 Å². The van der Waals surface area contributed by atoms with Crippen LogP contribution in [0, 0.1) is 0 Å². The molecule has 1 N–H and O–H groups in total. The monoisotopic (exact) mass is 367 g/mol. The predicted molar refractivity (Wildman–Crippen MR) is 105 cm³/mol. The van der Waals surface area contributed by atoms with E-state index in [0.29, 0.717) is 12.0 Å². The standard InChI is InChI=1S/C21H29N5O/c27-21(24-19-6-2-1-3-7-19)26-13-4-5-18(16-26)20-23-12-14-25(20)15-17-8-10-22-11-9-17/h8-12,14,18-19H,1-7,13,15-16H2,(H,24,27). The number of imidazole rings is 1. The molecule has 1 aliphatic heterocycles. The van der Waals surface area contributed by atoms with Gasteiger partial charge in [0.1, 0.15) is 5.82 Å². The molecule has 2 fully saturated rings. The number of carbonyl (C=O) groups is 1. The summed E-state index contributed by atoms with van der Waals surface area (Å²) in [6.07, 6.45) is 15.7. The topological polar surface area (TPSA) is 63.1 Å². The molecule has 6 nitrogen and oxygen atoms in total. The highest BCUT2D eigenvalue weighted by atomic mass is 16.2. The number of piperidine rings is 1.